The highest BCUT2D eigenvalue weighted by Crippen LogP contribution is 2.48. The van der Waals surface area contributed by atoms with Crippen molar-refractivity contribution in [2.45, 2.75) is 38.3 Å². The maximum atomic E-state index is 13.4. The van der Waals surface area contributed by atoms with Gasteiger partial charge in [-0.05, 0) is 36.8 Å². The second-order valence-corrected chi connectivity index (χ2v) is 9.53. The molecule has 5 rings (SSSR count). The Labute approximate surface area is 207 Å². The maximum Gasteiger partial charge on any atom is 0.338 e. The normalized spacial score (nSPS) is 19.4. The first-order valence-corrected chi connectivity index (χ1v) is 12.6. The molecule has 3 aliphatic rings. The zero-order valence-electron chi connectivity index (χ0n) is 18.7. The molecule has 1 amide bonds. The number of hydrogen-bond donors (Lipinski definition) is 1. The molecule has 2 aromatic carbocycles. The van der Waals surface area contributed by atoms with Gasteiger partial charge in [0.1, 0.15) is 0 Å². The van der Waals surface area contributed by atoms with E-state index in [1.807, 2.05) is 58.8 Å². The Hall–Kier alpha value is -3.03. The predicted molar refractivity (Wildman–Crippen MR) is 135 cm³/mol. The molecule has 34 heavy (non-hydrogen) atoms. The van der Waals surface area contributed by atoms with Crippen LogP contribution < -0.4 is 5.32 Å². The standard InChI is InChI=1S/C26H24ClN3O3S/c1-2-33-25(32)22-23(16-8-4-3-5-9-16)29-26-30(24(22)19-10-6-7-11-20(19)27)18(15-34-26)14-21(31)28-17-12-13-17/h3-11,15,17,24H,2,12-14H2,1H3,(H,28,31). The van der Waals surface area contributed by atoms with Crippen molar-refractivity contribution in [1.29, 1.82) is 0 Å². The second-order valence-electron chi connectivity index (χ2n) is 8.28. The van der Waals surface area contributed by atoms with E-state index in [1.54, 1.807) is 13.0 Å². The number of esters is 1. The number of aliphatic imine (C=N–C) groups is 1. The third-order valence-electron chi connectivity index (χ3n) is 5.84. The fourth-order valence-electron chi connectivity index (χ4n) is 4.15. The molecule has 2 heterocycles. The summed E-state index contributed by atoms with van der Waals surface area (Å²) in [5, 5.41) is 6.21. The van der Waals surface area contributed by atoms with Crippen LogP contribution in [0.2, 0.25) is 5.02 Å². The Morgan fingerprint density at radius 2 is 1.88 bits per heavy atom. The molecule has 0 radical (unpaired) electrons. The summed E-state index contributed by atoms with van der Waals surface area (Å²) >= 11 is 8.12. The highest BCUT2D eigenvalue weighted by molar-refractivity contribution is 8.16. The number of carbonyl (C=O) groups is 2. The van der Waals surface area contributed by atoms with E-state index in [1.165, 1.54) is 11.8 Å². The summed E-state index contributed by atoms with van der Waals surface area (Å²) in [5.74, 6) is -0.489. The molecule has 0 spiro atoms. The van der Waals surface area contributed by atoms with Crippen LogP contribution in [0.5, 0.6) is 0 Å². The van der Waals surface area contributed by atoms with Gasteiger partial charge in [0, 0.05) is 22.3 Å². The van der Waals surface area contributed by atoms with Gasteiger partial charge in [0.25, 0.3) is 0 Å². The van der Waals surface area contributed by atoms with Crippen LogP contribution in [-0.2, 0) is 14.3 Å². The van der Waals surface area contributed by atoms with Gasteiger partial charge in [0.05, 0.1) is 30.3 Å². The minimum absolute atomic E-state index is 0.0379. The van der Waals surface area contributed by atoms with E-state index in [9.17, 15) is 9.59 Å². The summed E-state index contributed by atoms with van der Waals surface area (Å²) in [5.41, 5.74) is 3.31. The van der Waals surface area contributed by atoms with Crippen molar-refractivity contribution < 1.29 is 14.3 Å². The van der Waals surface area contributed by atoms with Gasteiger partial charge in [-0.3, -0.25) is 4.79 Å². The molecule has 1 unspecified atom stereocenters. The molecular weight excluding hydrogens is 470 g/mol. The van der Waals surface area contributed by atoms with Crippen molar-refractivity contribution in [2.24, 2.45) is 4.99 Å². The molecule has 1 saturated carbocycles. The Kier molecular flexibility index (Phi) is 6.48. The van der Waals surface area contributed by atoms with Gasteiger partial charge < -0.3 is 15.0 Å². The van der Waals surface area contributed by atoms with E-state index in [-0.39, 0.29) is 25.0 Å². The van der Waals surface area contributed by atoms with Gasteiger partial charge in [0.15, 0.2) is 5.17 Å². The first-order chi connectivity index (χ1) is 16.6. The lowest BCUT2D eigenvalue weighted by Gasteiger charge is -2.37. The van der Waals surface area contributed by atoms with Crippen LogP contribution in [0.25, 0.3) is 5.70 Å². The molecule has 2 aliphatic heterocycles. The number of amidine groups is 1. The van der Waals surface area contributed by atoms with E-state index < -0.39 is 12.0 Å². The van der Waals surface area contributed by atoms with Crippen LogP contribution >= 0.6 is 23.4 Å². The van der Waals surface area contributed by atoms with Crippen molar-refractivity contribution in [2.75, 3.05) is 6.61 Å². The lowest BCUT2D eigenvalue weighted by atomic mass is 9.91. The van der Waals surface area contributed by atoms with Crippen molar-refractivity contribution in [3.8, 4) is 0 Å². The number of hydrogen-bond acceptors (Lipinski definition) is 6. The van der Waals surface area contributed by atoms with E-state index in [2.05, 4.69) is 5.32 Å². The average Bonchev–Trinajstić information content (AvgIpc) is 3.57. The third kappa shape index (κ3) is 4.50. The fourth-order valence-corrected chi connectivity index (χ4v) is 5.31. The number of nitrogens with one attached hydrogen (secondary N) is 1. The van der Waals surface area contributed by atoms with Crippen molar-refractivity contribution in [3.63, 3.8) is 0 Å². The Morgan fingerprint density at radius 1 is 1.15 bits per heavy atom. The monoisotopic (exact) mass is 493 g/mol. The fraction of sp³-hybridized carbons (Fsp3) is 0.269. The van der Waals surface area contributed by atoms with Crippen LogP contribution in [0.15, 0.2) is 76.3 Å². The molecule has 1 atom stereocenters. The number of fused-ring (bicyclic) bond motifs is 1. The molecule has 1 N–H and O–H groups in total. The lowest BCUT2D eigenvalue weighted by molar-refractivity contribution is -0.139. The SMILES string of the molecule is CCOC(=O)C1=C(c2ccccc2)N=C2SC=C(CC(=O)NC3CC3)N2C1c1ccccc1Cl. The lowest BCUT2D eigenvalue weighted by Crippen LogP contribution is -2.38. The molecule has 1 aliphatic carbocycles. The number of carbonyl (C=O) groups excluding carboxylic acids is 2. The minimum atomic E-state index is -0.578. The predicted octanol–water partition coefficient (Wildman–Crippen LogP) is 5.28. The molecule has 0 saturated heterocycles. The van der Waals surface area contributed by atoms with Crippen LogP contribution in [0.3, 0.4) is 0 Å². The zero-order chi connectivity index (χ0) is 23.7. The largest absolute Gasteiger partial charge is 0.463 e. The number of thioether (sulfide) groups is 1. The number of halogens is 1. The van der Waals surface area contributed by atoms with Crippen molar-refractivity contribution >= 4 is 46.1 Å². The molecule has 174 valence electrons. The molecular formula is C26H24ClN3O3S. The molecule has 1 fully saturated rings. The summed E-state index contributed by atoms with van der Waals surface area (Å²) in [4.78, 5) is 33.0. The summed E-state index contributed by atoms with van der Waals surface area (Å²) in [6, 6.07) is 16.8. The second kappa shape index (κ2) is 9.68. The number of ether oxygens (including phenoxy) is 1. The van der Waals surface area contributed by atoms with Gasteiger partial charge in [-0.1, -0.05) is 71.9 Å². The van der Waals surface area contributed by atoms with E-state index in [0.29, 0.717) is 21.5 Å². The number of rotatable bonds is 7. The quantitative estimate of drug-likeness (QED) is 0.531. The van der Waals surface area contributed by atoms with E-state index in [4.69, 9.17) is 21.3 Å². The molecule has 6 nitrogen and oxygen atoms in total. The van der Waals surface area contributed by atoms with Gasteiger partial charge in [-0.2, -0.15) is 0 Å². The Bertz CT molecular complexity index is 1220. The number of amides is 1. The smallest absolute Gasteiger partial charge is 0.338 e. The molecule has 0 aromatic heterocycles. The third-order valence-corrected chi connectivity index (χ3v) is 7.07. The summed E-state index contributed by atoms with van der Waals surface area (Å²) < 4.78 is 5.51. The molecule has 8 heteroatoms. The highest BCUT2D eigenvalue weighted by Gasteiger charge is 2.43. The van der Waals surface area contributed by atoms with Crippen molar-refractivity contribution in [1.82, 2.24) is 10.2 Å². The Balaban J connectivity index is 1.64. The van der Waals surface area contributed by atoms with Gasteiger partial charge in [-0.25, -0.2) is 9.79 Å². The molecule has 0 bridgehead atoms. The summed E-state index contributed by atoms with van der Waals surface area (Å²) in [6.45, 7) is 2.01. The average molecular weight is 494 g/mol. The van der Waals surface area contributed by atoms with Crippen LogP contribution in [0.1, 0.15) is 43.4 Å². The first kappa shape index (κ1) is 22.7. The zero-order valence-corrected chi connectivity index (χ0v) is 20.2. The van der Waals surface area contributed by atoms with Gasteiger partial charge >= 0.3 is 5.97 Å². The molecule has 2 aromatic rings. The van der Waals surface area contributed by atoms with Gasteiger partial charge in [0.2, 0.25) is 5.91 Å². The first-order valence-electron chi connectivity index (χ1n) is 11.3. The summed E-state index contributed by atoms with van der Waals surface area (Å²) in [7, 11) is 0. The van der Waals surface area contributed by atoms with Crippen LogP contribution in [0.4, 0.5) is 0 Å². The highest BCUT2D eigenvalue weighted by atomic mass is 35.5. The Morgan fingerprint density at radius 3 is 2.59 bits per heavy atom. The number of benzene rings is 2. The number of nitrogens with zero attached hydrogens (tertiary/aromatic N) is 2. The topological polar surface area (TPSA) is 71.0 Å². The van der Waals surface area contributed by atoms with Crippen molar-refractivity contribution in [3.05, 3.63) is 87.4 Å². The van der Waals surface area contributed by atoms with E-state index in [0.717, 1.165) is 29.7 Å². The van der Waals surface area contributed by atoms with E-state index >= 15 is 0 Å². The van der Waals surface area contributed by atoms with Crippen LogP contribution in [0, 0.1) is 0 Å². The van der Waals surface area contributed by atoms with Gasteiger partial charge in [-0.15, -0.1) is 0 Å². The summed E-state index contributed by atoms with van der Waals surface area (Å²) in [6.07, 6.45) is 2.24. The maximum absolute atomic E-state index is 13.4. The minimum Gasteiger partial charge on any atom is -0.463 e. The van der Waals surface area contributed by atoms with Crippen LogP contribution in [-0.4, -0.2) is 34.6 Å².